The van der Waals surface area contributed by atoms with Crippen molar-refractivity contribution >= 4 is 11.9 Å². The van der Waals surface area contributed by atoms with Gasteiger partial charge in [0.1, 0.15) is 6.10 Å². The molecule has 4 rings (SSSR count). The van der Waals surface area contributed by atoms with Crippen LogP contribution in [-0.4, -0.2) is 18.2 Å². The molecule has 1 fully saturated rings. The van der Waals surface area contributed by atoms with Crippen LogP contribution in [0.2, 0.25) is 0 Å². The van der Waals surface area contributed by atoms with Gasteiger partial charge >= 0.3 is 11.9 Å². The zero-order valence-electron chi connectivity index (χ0n) is 11.9. The Kier molecular flexibility index (Phi) is 2.82. The Balaban J connectivity index is 1.56. The van der Waals surface area contributed by atoms with Gasteiger partial charge in [-0.25, -0.2) is 9.59 Å². The molecule has 0 unspecified atom stereocenters. The summed E-state index contributed by atoms with van der Waals surface area (Å²) >= 11 is 0. The van der Waals surface area contributed by atoms with E-state index >= 15 is 0 Å². The van der Waals surface area contributed by atoms with Crippen LogP contribution in [0.3, 0.4) is 0 Å². The molecule has 3 atom stereocenters. The molecule has 22 heavy (non-hydrogen) atoms. The molecule has 3 aliphatic rings. The fraction of sp³-hybridized carbons (Fsp3) is 0.294. The lowest BCUT2D eigenvalue weighted by atomic mass is 9.98. The lowest BCUT2D eigenvalue weighted by Crippen LogP contribution is -2.14. The predicted octanol–water partition coefficient (Wildman–Crippen LogP) is 2.19. The van der Waals surface area contributed by atoms with E-state index in [2.05, 4.69) is 0 Å². The lowest BCUT2D eigenvalue weighted by molar-refractivity contribution is -0.152. The first-order valence-electron chi connectivity index (χ1n) is 7.16. The Morgan fingerprint density at radius 3 is 2.82 bits per heavy atom. The largest absolute Gasteiger partial charge is 0.458 e. The molecule has 0 bridgehead atoms. The average molecular weight is 298 g/mol. The molecule has 0 aromatic heterocycles. The third-order valence-corrected chi connectivity index (χ3v) is 4.30. The molecule has 2 aliphatic heterocycles. The molecule has 0 spiro atoms. The van der Waals surface area contributed by atoms with E-state index in [0.29, 0.717) is 11.1 Å². The van der Waals surface area contributed by atoms with Crippen molar-refractivity contribution in [2.24, 2.45) is 5.92 Å². The third kappa shape index (κ3) is 1.93. The topological polar surface area (TPSA) is 61.8 Å². The van der Waals surface area contributed by atoms with Crippen molar-refractivity contribution in [3.8, 4) is 0 Å². The van der Waals surface area contributed by atoms with Crippen LogP contribution in [0.25, 0.3) is 0 Å². The first kappa shape index (κ1) is 13.1. The van der Waals surface area contributed by atoms with Crippen LogP contribution in [0.5, 0.6) is 0 Å². The van der Waals surface area contributed by atoms with E-state index in [1.54, 1.807) is 6.92 Å². The molecular weight excluding hydrogens is 284 g/mol. The molecule has 2 heterocycles. The molecule has 5 heteroatoms. The highest BCUT2D eigenvalue weighted by Crippen LogP contribution is 2.47. The molecule has 0 radical (unpaired) electrons. The summed E-state index contributed by atoms with van der Waals surface area (Å²) in [7, 11) is 0. The van der Waals surface area contributed by atoms with Crippen LogP contribution >= 0.6 is 0 Å². The number of rotatable bonds is 2. The Hall–Kier alpha value is -2.56. The molecule has 0 amide bonds. The van der Waals surface area contributed by atoms with Crippen LogP contribution in [0.15, 0.2) is 47.7 Å². The van der Waals surface area contributed by atoms with Crippen LogP contribution in [-0.2, 0) is 30.2 Å². The van der Waals surface area contributed by atoms with Crippen molar-refractivity contribution in [3.05, 3.63) is 58.9 Å². The molecule has 0 saturated carbocycles. The monoisotopic (exact) mass is 298 g/mol. The molecule has 112 valence electrons. The first-order chi connectivity index (χ1) is 10.6. The van der Waals surface area contributed by atoms with E-state index in [-0.39, 0.29) is 18.0 Å². The summed E-state index contributed by atoms with van der Waals surface area (Å²) in [6.07, 6.45) is 2.53. The van der Waals surface area contributed by atoms with Gasteiger partial charge in [0.15, 0.2) is 0 Å². The van der Waals surface area contributed by atoms with Gasteiger partial charge in [-0.1, -0.05) is 24.3 Å². The number of carbonyl (C=O) groups is 2. The summed E-state index contributed by atoms with van der Waals surface area (Å²) < 4.78 is 15.9. The standard InChI is InChI=1S/C17H14O5/c1-9-6-14(18)21-17(9)20-8-13-12-7-10-4-2-3-5-11(10)15(12)22-16(13)19/h2-6,8,12,15,17H,7H2,1H3/b13-8+/t12-,15-,17+/m0/s1. The third-order valence-electron chi connectivity index (χ3n) is 4.30. The summed E-state index contributed by atoms with van der Waals surface area (Å²) in [4.78, 5) is 23.2. The van der Waals surface area contributed by atoms with E-state index in [4.69, 9.17) is 14.2 Å². The number of esters is 2. The highest BCUT2D eigenvalue weighted by atomic mass is 16.7. The molecule has 1 aliphatic carbocycles. The SMILES string of the molecule is CC1=CC(=O)O[C@H]1O/C=C1/C(=O)O[C@H]2c3ccccc3C[C@@H]12. The van der Waals surface area contributed by atoms with Crippen molar-refractivity contribution in [1.29, 1.82) is 0 Å². The number of fused-ring (bicyclic) bond motifs is 3. The summed E-state index contributed by atoms with van der Waals surface area (Å²) in [5.41, 5.74) is 3.43. The van der Waals surface area contributed by atoms with Crippen molar-refractivity contribution in [2.45, 2.75) is 25.7 Å². The summed E-state index contributed by atoms with van der Waals surface area (Å²) in [6, 6.07) is 7.96. The molecule has 1 aromatic rings. The number of hydrogen-bond acceptors (Lipinski definition) is 5. The van der Waals surface area contributed by atoms with Crippen LogP contribution in [0.1, 0.15) is 24.2 Å². The van der Waals surface area contributed by atoms with Gasteiger partial charge in [0.2, 0.25) is 0 Å². The van der Waals surface area contributed by atoms with Crippen LogP contribution in [0, 0.1) is 5.92 Å². The Morgan fingerprint density at radius 1 is 1.23 bits per heavy atom. The fourth-order valence-corrected chi connectivity index (χ4v) is 3.20. The smallest absolute Gasteiger partial charge is 0.338 e. The molecule has 0 N–H and O–H groups in total. The summed E-state index contributed by atoms with van der Waals surface area (Å²) in [5, 5.41) is 0. The van der Waals surface area contributed by atoms with Crippen molar-refractivity contribution in [1.82, 2.24) is 0 Å². The van der Waals surface area contributed by atoms with E-state index < -0.39 is 12.3 Å². The molecule has 1 aromatic carbocycles. The van der Waals surface area contributed by atoms with Crippen molar-refractivity contribution < 1.29 is 23.8 Å². The quantitative estimate of drug-likeness (QED) is 0.476. The zero-order valence-corrected chi connectivity index (χ0v) is 11.9. The molecule has 1 saturated heterocycles. The van der Waals surface area contributed by atoms with Gasteiger partial charge in [-0.15, -0.1) is 0 Å². The number of cyclic esters (lactones) is 1. The minimum atomic E-state index is -0.754. The fourth-order valence-electron chi connectivity index (χ4n) is 3.20. The van der Waals surface area contributed by atoms with E-state index in [1.807, 2.05) is 24.3 Å². The highest BCUT2D eigenvalue weighted by molar-refractivity contribution is 5.92. The van der Waals surface area contributed by atoms with E-state index in [9.17, 15) is 9.59 Å². The van der Waals surface area contributed by atoms with Gasteiger partial charge in [-0.3, -0.25) is 0 Å². The van der Waals surface area contributed by atoms with Gasteiger partial charge in [0, 0.05) is 17.6 Å². The van der Waals surface area contributed by atoms with Crippen LogP contribution in [0.4, 0.5) is 0 Å². The molecule has 5 nitrogen and oxygen atoms in total. The van der Waals surface area contributed by atoms with Gasteiger partial charge < -0.3 is 14.2 Å². The Labute approximate surface area is 127 Å². The van der Waals surface area contributed by atoms with Gasteiger partial charge in [0.25, 0.3) is 6.29 Å². The van der Waals surface area contributed by atoms with E-state index in [0.717, 1.165) is 12.0 Å². The highest BCUT2D eigenvalue weighted by Gasteiger charge is 2.46. The number of ether oxygens (including phenoxy) is 3. The second kappa shape index (κ2) is 4.73. The minimum Gasteiger partial charge on any atom is -0.458 e. The summed E-state index contributed by atoms with van der Waals surface area (Å²) in [6.45, 7) is 1.75. The Morgan fingerprint density at radius 2 is 2.05 bits per heavy atom. The average Bonchev–Trinajstić information content (AvgIpc) is 3.09. The normalized spacial score (nSPS) is 30.7. The second-order valence-corrected chi connectivity index (χ2v) is 5.70. The Bertz CT molecular complexity index is 730. The van der Waals surface area contributed by atoms with E-state index in [1.165, 1.54) is 17.9 Å². The van der Waals surface area contributed by atoms with Gasteiger partial charge in [0.05, 0.1) is 11.8 Å². The maximum Gasteiger partial charge on any atom is 0.338 e. The maximum atomic E-state index is 12.1. The maximum absolute atomic E-state index is 12.1. The van der Waals surface area contributed by atoms with Gasteiger partial charge in [-0.2, -0.15) is 0 Å². The van der Waals surface area contributed by atoms with Crippen molar-refractivity contribution in [3.63, 3.8) is 0 Å². The summed E-state index contributed by atoms with van der Waals surface area (Å²) in [5.74, 6) is -0.831. The van der Waals surface area contributed by atoms with Crippen LogP contribution < -0.4 is 0 Å². The van der Waals surface area contributed by atoms with Gasteiger partial charge in [-0.05, 0) is 24.5 Å². The first-order valence-corrected chi connectivity index (χ1v) is 7.16. The predicted molar refractivity (Wildman–Crippen MR) is 75.3 cm³/mol. The number of benzene rings is 1. The number of carbonyl (C=O) groups excluding carboxylic acids is 2. The minimum absolute atomic E-state index is 0.0358. The molecular formula is C17H14O5. The second-order valence-electron chi connectivity index (χ2n) is 5.70. The van der Waals surface area contributed by atoms with Crippen molar-refractivity contribution in [2.75, 3.05) is 0 Å². The zero-order chi connectivity index (χ0) is 15.3. The lowest BCUT2D eigenvalue weighted by Gasteiger charge is -2.12. The number of hydrogen-bond donors (Lipinski definition) is 0.